The second kappa shape index (κ2) is 9.06. The molecule has 1 atom stereocenters. The molecular formula is C23H23N3O3S. The number of ether oxygens (including phenoxy) is 1. The lowest BCUT2D eigenvalue weighted by molar-refractivity contribution is -0.117. The van der Waals surface area contributed by atoms with Gasteiger partial charge in [0.25, 0.3) is 5.91 Å². The Kier molecular flexibility index (Phi) is 6.48. The van der Waals surface area contributed by atoms with Crippen LogP contribution in [0.5, 0.6) is 5.75 Å². The lowest BCUT2D eigenvalue weighted by Crippen LogP contribution is -2.31. The van der Waals surface area contributed by atoms with Crippen LogP contribution in [0.4, 0.5) is 5.69 Å². The Morgan fingerprint density at radius 2 is 1.90 bits per heavy atom. The highest BCUT2D eigenvalue weighted by molar-refractivity contribution is 8.05. The average molecular weight is 422 g/mol. The molecule has 1 saturated heterocycles. The molecule has 2 aromatic carbocycles. The Morgan fingerprint density at radius 1 is 1.20 bits per heavy atom. The van der Waals surface area contributed by atoms with Crippen molar-refractivity contribution in [2.45, 2.75) is 25.5 Å². The number of methoxy groups -OCH3 is 1. The normalized spacial score (nSPS) is 17.5. The molecule has 0 spiro atoms. The van der Waals surface area contributed by atoms with Gasteiger partial charge in [0.05, 0.1) is 12.4 Å². The topological polar surface area (TPSA) is 82.4 Å². The zero-order chi connectivity index (χ0) is 21.8. The summed E-state index contributed by atoms with van der Waals surface area (Å²) < 4.78 is 5.19. The van der Waals surface area contributed by atoms with E-state index in [0.29, 0.717) is 17.1 Å². The predicted octanol–water partition coefficient (Wildman–Crippen LogP) is 3.48. The number of hydrogen-bond donors (Lipinski definition) is 1. The summed E-state index contributed by atoms with van der Waals surface area (Å²) in [6.45, 7) is 3.96. The summed E-state index contributed by atoms with van der Waals surface area (Å²) in [5.74, 6) is 0.0883. The summed E-state index contributed by atoms with van der Waals surface area (Å²) >= 11 is 1.25. The largest absolute Gasteiger partial charge is 0.497 e. The second-order valence-corrected chi connectivity index (χ2v) is 8.16. The van der Waals surface area contributed by atoms with Crippen LogP contribution in [0.15, 0.2) is 53.1 Å². The summed E-state index contributed by atoms with van der Waals surface area (Å²) in [5, 5.41) is 12.1. The molecule has 0 aliphatic carbocycles. The zero-order valence-corrected chi connectivity index (χ0v) is 18.2. The van der Waals surface area contributed by atoms with Crippen molar-refractivity contribution in [2.24, 2.45) is 0 Å². The fraction of sp³-hybridized carbons (Fsp3) is 0.261. The Labute approximate surface area is 180 Å². The van der Waals surface area contributed by atoms with E-state index in [1.165, 1.54) is 23.7 Å². The lowest BCUT2D eigenvalue weighted by Gasteiger charge is -2.19. The van der Waals surface area contributed by atoms with Crippen LogP contribution in [0.2, 0.25) is 0 Å². The Morgan fingerprint density at radius 3 is 2.47 bits per heavy atom. The van der Waals surface area contributed by atoms with E-state index >= 15 is 0 Å². The SMILES string of the molecule is CNC(=O)/C(C#N)=C1/S[C@H](Cc2ccc(OC)cc2)C(=O)N1c1ccc(C)c(C)c1. The van der Waals surface area contributed by atoms with Gasteiger partial charge in [0.1, 0.15) is 22.4 Å². The summed E-state index contributed by atoms with van der Waals surface area (Å²) in [7, 11) is 3.07. The summed E-state index contributed by atoms with van der Waals surface area (Å²) in [5.41, 5.74) is 3.69. The summed E-state index contributed by atoms with van der Waals surface area (Å²) in [6.07, 6.45) is 0.477. The number of amides is 2. The number of likely N-dealkylation sites (N-methyl/N-ethyl adjacent to an activating group) is 1. The zero-order valence-electron chi connectivity index (χ0n) is 17.4. The first-order chi connectivity index (χ1) is 14.4. The van der Waals surface area contributed by atoms with Gasteiger partial charge in [-0.05, 0) is 61.2 Å². The lowest BCUT2D eigenvalue weighted by atomic mass is 10.1. The van der Waals surface area contributed by atoms with Crippen LogP contribution in [0, 0.1) is 25.2 Å². The van der Waals surface area contributed by atoms with Crippen molar-refractivity contribution in [1.29, 1.82) is 5.26 Å². The van der Waals surface area contributed by atoms with Gasteiger partial charge in [-0.25, -0.2) is 0 Å². The molecule has 0 bridgehead atoms. The maximum Gasteiger partial charge on any atom is 0.264 e. The van der Waals surface area contributed by atoms with Gasteiger partial charge >= 0.3 is 0 Å². The van der Waals surface area contributed by atoms with Crippen LogP contribution < -0.4 is 15.0 Å². The van der Waals surface area contributed by atoms with Crippen molar-refractivity contribution in [2.75, 3.05) is 19.1 Å². The fourth-order valence-corrected chi connectivity index (χ4v) is 4.50. The first kappa shape index (κ1) is 21.5. The number of nitrogens with zero attached hydrogens (tertiary/aromatic N) is 2. The van der Waals surface area contributed by atoms with Gasteiger partial charge in [0.15, 0.2) is 0 Å². The molecule has 30 heavy (non-hydrogen) atoms. The van der Waals surface area contributed by atoms with E-state index in [0.717, 1.165) is 22.4 Å². The van der Waals surface area contributed by atoms with Gasteiger partial charge in [0.2, 0.25) is 5.91 Å². The Balaban J connectivity index is 2.03. The number of thioether (sulfide) groups is 1. The van der Waals surface area contributed by atoms with Gasteiger partial charge in [-0.15, -0.1) is 0 Å². The smallest absolute Gasteiger partial charge is 0.264 e. The number of aryl methyl sites for hydroxylation is 2. The molecule has 0 radical (unpaired) electrons. The van der Waals surface area contributed by atoms with Crippen LogP contribution >= 0.6 is 11.8 Å². The molecule has 3 rings (SSSR count). The molecule has 1 N–H and O–H groups in total. The van der Waals surface area contributed by atoms with E-state index in [-0.39, 0.29) is 11.5 Å². The Bertz CT molecular complexity index is 1050. The molecule has 6 nitrogen and oxygen atoms in total. The van der Waals surface area contributed by atoms with Gasteiger partial charge in [-0.3, -0.25) is 14.5 Å². The number of carbonyl (C=O) groups is 2. The number of hydrogen-bond acceptors (Lipinski definition) is 5. The van der Waals surface area contributed by atoms with E-state index in [1.807, 2.05) is 62.4 Å². The third kappa shape index (κ3) is 4.19. The third-order valence-electron chi connectivity index (χ3n) is 5.06. The maximum absolute atomic E-state index is 13.4. The molecule has 154 valence electrons. The number of rotatable bonds is 5. The maximum atomic E-state index is 13.4. The van der Waals surface area contributed by atoms with Crippen molar-refractivity contribution in [3.8, 4) is 11.8 Å². The highest BCUT2D eigenvalue weighted by atomic mass is 32.2. The van der Waals surface area contributed by atoms with Crippen LogP contribution in [-0.2, 0) is 16.0 Å². The number of nitriles is 1. The molecule has 0 unspecified atom stereocenters. The third-order valence-corrected chi connectivity index (χ3v) is 6.32. The van der Waals surface area contributed by atoms with Crippen molar-refractivity contribution < 1.29 is 14.3 Å². The Hall–Kier alpha value is -3.24. The average Bonchev–Trinajstić information content (AvgIpc) is 3.06. The van der Waals surface area contributed by atoms with Gasteiger partial charge in [0, 0.05) is 12.7 Å². The minimum atomic E-state index is -0.508. The molecular weight excluding hydrogens is 398 g/mol. The van der Waals surface area contributed by atoms with Crippen LogP contribution in [0.1, 0.15) is 16.7 Å². The van der Waals surface area contributed by atoms with Crippen molar-refractivity contribution in [3.05, 3.63) is 69.8 Å². The fourth-order valence-electron chi connectivity index (χ4n) is 3.19. The standard InChI is InChI=1S/C23H23N3O3S/c1-14-5-8-17(11-15(14)2)26-22(28)20(12-16-6-9-18(29-4)10-7-16)30-23(26)19(13-24)21(27)25-3/h5-11,20H,12H2,1-4H3,(H,25,27)/b23-19+/t20-/m1/s1. The monoisotopic (exact) mass is 421 g/mol. The number of anilines is 1. The molecule has 2 amide bonds. The molecule has 1 fully saturated rings. The second-order valence-electron chi connectivity index (χ2n) is 6.97. The molecule has 0 aromatic heterocycles. The van der Waals surface area contributed by atoms with E-state index in [2.05, 4.69) is 5.32 Å². The van der Waals surface area contributed by atoms with Crippen LogP contribution in [0.3, 0.4) is 0 Å². The van der Waals surface area contributed by atoms with E-state index in [1.54, 1.807) is 7.11 Å². The summed E-state index contributed by atoms with van der Waals surface area (Å²) in [4.78, 5) is 27.2. The summed E-state index contributed by atoms with van der Waals surface area (Å²) in [6, 6.07) is 15.2. The van der Waals surface area contributed by atoms with Crippen LogP contribution in [-0.4, -0.2) is 31.2 Å². The van der Waals surface area contributed by atoms with Gasteiger partial charge in [-0.1, -0.05) is 30.0 Å². The minimum Gasteiger partial charge on any atom is -0.497 e. The van der Waals surface area contributed by atoms with Gasteiger partial charge < -0.3 is 10.1 Å². The molecule has 0 saturated carbocycles. The molecule has 2 aromatic rings. The molecule has 1 aliphatic rings. The molecule has 1 aliphatic heterocycles. The predicted molar refractivity (Wildman–Crippen MR) is 118 cm³/mol. The number of benzene rings is 2. The first-order valence-corrected chi connectivity index (χ1v) is 10.3. The first-order valence-electron chi connectivity index (χ1n) is 9.46. The number of carbonyl (C=O) groups excluding carboxylic acids is 2. The minimum absolute atomic E-state index is 0.0636. The van der Waals surface area contributed by atoms with Crippen molar-refractivity contribution >= 4 is 29.3 Å². The molecule has 1 heterocycles. The highest BCUT2D eigenvalue weighted by Gasteiger charge is 2.40. The van der Waals surface area contributed by atoms with E-state index in [9.17, 15) is 14.9 Å². The number of nitrogens with one attached hydrogen (secondary N) is 1. The quantitative estimate of drug-likeness (QED) is 0.590. The van der Waals surface area contributed by atoms with E-state index < -0.39 is 11.2 Å². The van der Waals surface area contributed by atoms with Crippen molar-refractivity contribution in [1.82, 2.24) is 5.32 Å². The van der Waals surface area contributed by atoms with Gasteiger partial charge in [-0.2, -0.15) is 5.26 Å². The highest BCUT2D eigenvalue weighted by Crippen LogP contribution is 2.42. The van der Waals surface area contributed by atoms with E-state index in [4.69, 9.17) is 4.74 Å². The van der Waals surface area contributed by atoms with Crippen LogP contribution in [0.25, 0.3) is 0 Å². The van der Waals surface area contributed by atoms with Crippen molar-refractivity contribution in [3.63, 3.8) is 0 Å². The molecule has 7 heteroatoms.